The van der Waals surface area contributed by atoms with Crippen LogP contribution in [0.1, 0.15) is 0 Å². The standard InChI is InChI=1S/CH2S.3Mo.2S2.H2S/c1-2;;;;2*1-2;/h1H2;;;;;;1H2/q-2;;;;2*-2;/p-1. The second-order valence-electron chi connectivity index (χ2n) is 0. The molecule has 68 valence electrons. The summed E-state index contributed by atoms with van der Waals surface area (Å²) in [4.78, 5) is 0. The smallest absolute Gasteiger partial charge is 0 e. The molecule has 0 aliphatic carbocycles. The average molecular weight is 495 g/mol. The molecule has 0 aliphatic rings. The van der Waals surface area contributed by atoms with Gasteiger partial charge in [-0.15, -0.1) is 0 Å². The van der Waals surface area contributed by atoms with Crippen LogP contribution in [0.25, 0.3) is 0 Å². The van der Waals surface area contributed by atoms with Gasteiger partial charge in [0.25, 0.3) is 0 Å². The van der Waals surface area contributed by atoms with Crippen molar-refractivity contribution in [3.8, 4) is 0 Å². The summed E-state index contributed by atoms with van der Waals surface area (Å²) in [7, 11) is 0. The molecule has 0 bridgehead atoms. The van der Waals surface area contributed by atoms with E-state index in [4.69, 9.17) is 0 Å². The first-order chi connectivity index (χ1) is 3.00. The fraction of sp³-hybridized carbons (Fsp3) is 0. The summed E-state index contributed by atoms with van der Waals surface area (Å²) in [5.74, 6) is 0. The largest absolute Gasteiger partial charge is 1.02 e. The predicted octanol–water partition coefficient (Wildman–Crippen LogP) is 0.0377. The number of rotatable bonds is 0. The van der Waals surface area contributed by atoms with Gasteiger partial charge in [0.15, 0.2) is 0 Å². The van der Waals surface area contributed by atoms with E-state index in [-0.39, 0.29) is 76.7 Å². The fourth-order valence-electron chi connectivity index (χ4n) is 0. The van der Waals surface area contributed by atoms with Gasteiger partial charge in [-0.3, -0.25) is 0 Å². The Morgan fingerprint density at radius 3 is 0.600 bits per heavy atom. The normalized spacial score (nSPS) is 1.80. The van der Waals surface area contributed by atoms with E-state index in [9.17, 15) is 0 Å². The third-order valence-electron chi connectivity index (χ3n) is 0. The van der Waals surface area contributed by atoms with E-state index >= 15 is 0 Å². The molecular formula is CH3Mo3S6-7. The molecule has 0 rings (SSSR count). The first kappa shape index (κ1) is 47.8. The number of thiol groups is 1. The second kappa shape index (κ2) is 112. The van der Waals surface area contributed by atoms with Crippen LogP contribution >= 0.6 is 0 Å². The van der Waals surface area contributed by atoms with E-state index in [0.29, 0.717) is 0 Å². The zero-order valence-electron chi connectivity index (χ0n) is 4.42. The molecule has 0 nitrogen and oxygen atoms in total. The van der Waals surface area contributed by atoms with Crippen LogP contribution in [0, 0.1) is 6.26 Å². The summed E-state index contributed by atoms with van der Waals surface area (Å²) in [5, 5.41) is 0. The molecule has 0 amide bonds. The topological polar surface area (TPSA) is 0 Å². The van der Waals surface area contributed by atoms with Gasteiger partial charge >= 0.3 is 0 Å². The molecular weight excluding hydrogens is 492 g/mol. The van der Waals surface area contributed by atoms with Crippen molar-refractivity contribution in [2.75, 3.05) is 0 Å². The van der Waals surface area contributed by atoms with Crippen LogP contribution in [0.3, 0.4) is 0 Å². The van der Waals surface area contributed by atoms with Gasteiger partial charge in [-0.25, -0.2) is 0 Å². The number of hydrogen-bond donors (Lipinski definition) is 0. The van der Waals surface area contributed by atoms with Crippen molar-refractivity contribution in [2.45, 2.75) is 0 Å². The van der Waals surface area contributed by atoms with E-state index in [0.717, 1.165) is 0 Å². The molecule has 0 saturated carbocycles. The Morgan fingerprint density at radius 1 is 0.600 bits per heavy atom. The van der Waals surface area contributed by atoms with Crippen molar-refractivity contribution in [1.82, 2.24) is 0 Å². The molecule has 0 unspecified atom stereocenters. The van der Waals surface area contributed by atoms with Gasteiger partial charge in [-0.1, -0.05) is 0 Å². The quantitative estimate of drug-likeness (QED) is 0.152. The first-order valence-electron chi connectivity index (χ1n) is 0.622. The van der Waals surface area contributed by atoms with Crippen molar-refractivity contribution in [2.24, 2.45) is 0 Å². The van der Waals surface area contributed by atoms with E-state index < -0.39 is 0 Å². The molecule has 0 heterocycles. The molecule has 0 aromatic heterocycles. The van der Waals surface area contributed by atoms with Gasteiger partial charge < -0.3 is 79.0 Å². The summed E-state index contributed by atoms with van der Waals surface area (Å²) < 4.78 is 0. The van der Waals surface area contributed by atoms with Crippen molar-refractivity contribution in [3.63, 3.8) is 0 Å². The van der Waals surface area contributed by atoms with Crippen LogP contribution in [0.2, 0.25) is 0 Å². The minimum atomic E-state index is 0. The second-order valence-corrected chi connectivity index (χ2v) is 0. The van der Waals surface area contributed by atoms with Gasteiger partial charge in [0, 0.05) is 63.2 Å². The molecule has 0 saturated heterocycles. The molecule has 10 heavy (non-hydrogen) atoms. The van der Waals surface area contributed by atoms with Crippen LogP contribution in [0.15, 0.2) is 0 Å². The van der Waals surface area contributed by atoms with Gasteiger partial charge in [0.2, 0.25) is 0 Å². The van der Waals surface area contributed by atoms with Crippen molar-refractivity contribution in [3.05, 3.63) is 6.26 Å². The molecule has 0 aliphatic heterocycles. The minimum Gasteiger partial charge on any atom is -1.02 e. The van der Waals surface area contributed by atoms with Gasteiger partial charge in [-0.05, 0) is 0 Å². The zero-order valence-corrected chi connectivity index (χ0v) is 15.4. The SMILES string of the molecule is [CH2-][S-].[Mo].[Mo].[Mo].[S-][S-].[S-][S-].[SH-]. The zero-order chi connectivity index (χ0) is 6.00. The summed E-state index contributed by atoms with van der Waals surface area (Å²) in [6.07, 6.45) is 2.83. The third-order valence-corrected chi connectivity index (χ3v) is 0. The van der Waals surface area contributed by atoms with Crippen LogP contribution < -0.4 is 0 Å². The molecule has 0 fully saturated rings. The Bertz CT molecular complexity index is 13.0. The van der Waals surface area contributed by atoms with E-state index in [2.05, 4.69) is 65.5 Å². The van der Waals surface area contributed by atoms with Gasteiger partial charge in [0.05, 0.1) is 0 Å². The Labute approximate surface area is 140 Å². The van der Waals surface area contributed by atoms with Crippen LogP contribution in [-0.2, 0) is 136 Å². The van der Waals surface area contributed by atoms with Crippen LogP contribution in [-0.4, -0.2) is 0 Å². The minimum absolute atomic E-state index is 0. The summed E-state index contributed by atoms with van der Waals surface area (Å²) in [6, 6.07) is 0. The van der Waals surface area contributed by atoms with Crippen LogP contribution in [0.4, 0.5) is 0 Å². The molecule has 0 aromatic rings. The van der Waals surface area contributed by atoms with Crippen molar-refractivity contribution >= 4 is 72.8 Å². The molecule has 0 atom stereocenters. The summed E-state index contributed by atoms with van der Waals surface area (Å²) in [5.41, 5.74) is 0. The maximum Gasteiger partial charge on any atom is 0 e. The maximum absolute atomic E-state index is 3.83. The van der Waals surface area contributed by atoms with Crippen molar-refractivity contribution in [1.29, 1.82) is 0 Å². The van der Waals surface area contributed by atoms with Gasteiger partial charge in [0.1, 0.15) is 0 Å². The molecule has 0 radical (unpaired) electrons. The predicted molar refractivity (Wildman–Crippen MR) is 50.9 cm³/mol. The van der Waals surface area contributed by atoms with Crippen LogP contribution in [0.5, 0.6) is 0 Å². The Kier molecular flexibility index (Phi) is 537. The van der Waals surface area contributed by atoms with Crippen molar-refractivity contribution < 1.29 is 63.2 Å². The monoisotopic (exact) mass is 501 g/mol. The third kappa shape index (κ3) is 87.4. The van der Waals surface area contributed by atoms with Gasteiger partial charge in [-0.2, -0.15) is 0 Å². The Morgan fingerprint density at radius 2 is 0.600 bits per heavy atom. The number of hydrogen-bond acceptors (Lipinski definition) is 6. The summed E-state index contributed by atoms with van der Waals surface area (Å²) in [6.45, 7) is 0. The summed E-state index contributed by atoms with van der Waals surface area (Å²) >= 11 is 18.5. The Balaban J connectivity index is -0.00000000225. The first-order valence-corrected chi connectivity index (χ1v) is 3.87. The average Bonchev–Trinajstić information content (AvgIpc) is 1.81. The fourth-order valence-corrected chi connectivity index (χ4v) is 0. The molecule has 0 spiro atoms. The van der Waals surface area contributed by atoms with E-state index in [1.165, 1.54) is 0 Å². The molecule has 0 N–H and O–H groups in total. The van der Waals surface area contributed by atoms with E-state index in [1.807, 2.05) is 0 Å². The Hall–Kier alpha value is 4.16. The maximum atomic E-state index is 3.83. The molecule has 0 aromatic carbocycles. The van der Waals surface area contributed by atoms with E-state index in [1.54, 1.807) is 0 Å². The molecule has 9 heteroatoms.